The number of aromatic nitrogens is 2. The molecule has 0 saturated carbocycles. The van der Waals surface area contributed by atoms with Crippen LogP contribution in [0.15, 0.2) is 42.9 Å². The summed E-state index contributed by atoms with van der Waals surface area (Å²) in [5.74, 6) is 4.75. The summed E-state index contributed by atoms with van der Waals surface area (Å²) in [5.41, 5.74) is 4.68. The van der Waals surface area contributed by atoms with Gasteiger partial charge in [-0.15, -0.1) is 0 Å². The van der Waals surface area contributed by atoms with Crippen molar-refractivity contribution in [1.82, 2.24) is 20.3 Å². The molecule has 110 valence electrons. The topological polar surface area (TPSA) is 84.1 Å². The molecule has 3 N–H and O–H groups in total. The molecule has 2 aromatic heterocycles. The molecule has 0 spiro atoms. The normalized spacial score (nSPS) is 10.6. The molecule has 0 aliphatic rings. The number of carbonyl (C=O) groups is 1. The minimum atomic E-state index is -0.335. The van der Waals surface area contributed by atoms with Crippen molar-refractivity contribution in [3.63, 3.8) is 0 Å². The van der Waals surface area contributed by atoms with Crippen molar-refractivity contribution >= 4 is 5.91 Å². The predicted molar refractivity (Wildman–Crippen MR) is 79.9 cm³/mol. The SMILES string of the molecule is CCN(Cc1ccncc1)Cc1ccc(C(=O)NN)cn1. The van der Waals surface area contributed by atoms with E-state index in [0.29, 0.717) is 5.56 Å². The molecule has 2 heterocycles. The van der Waals surface area contributed by atoms with Gasteiger partial charge in [-0.25, -0.2) is 5.84 Å². The number of rotatable bonds is 6. The van der Waals surface area contributed by atoms with Gasteiger partial charge in [0.15, 0.2) is 0 Å². The Morgan fingerprint density at radius 1 is 1.24 bits per heavy atom. The molecule has 0 bridgehead atoms. The van der Waals surface area contributed by atoms with Crippen molar-refractivity contribution in [2.75, 3.05) is 6.54 Å². The van der Waals surface area contributed by atoms with Gasteiger partial charge in [-0.3, -0.25) is 25.1 Å². The molecule has 0 saturated heterocycles. The average Bonchev–Trinajstić information content (AvgIpc) is 2.55. The van der Waals surface area contributed by atoms with Crippen molar-refractivity contribution in [1.29, 1.82) is 0 Å². The van der Waals surface area contributed by atoms with Gasteiger partial charge in [0.25, 0.3) is 5.91 Å². The number of nitrogen functional groups attached to an aromatic ring is 1. The molecule has 2 rings (SSSR count). The summed E-state index contributed by atoms with van der Waals surface area (Å²) < 4.78 is 0. The van der Waals surface area contributed by atoms with Crippen LogP contribution in [-0.2, 0) is 13.1 Å². The van der Waals surface area contributed by atoms with Gasteiger partial charge in [0.2, 0.25) is 0 Å². The van der Waals surface area contributed by atoms with Crippen LogP contribution in [0.25, 0.3) is 0 Å². The third-order valence-electron chi connectivity index (χ3n) is 3.21. The zero-order valence-corrected chi connectivity index (χ0v) is 12.0. The fraction of sp³-hybridized carbons (Fsp3) is 0.267. The van der Waals surface area contributed by atoms with Crippen LogP contribution >= 0.6 is 0 Å². The lowest BCUT2D eigenvalue weighted by Crippen LogP contribution is -2.30. The summed E-state index contributed by atoms with van der Waals surface area (Å²) >= 11 is 0. The maximum absolute atomic E-state index is 11.4. The van der Waals surface area contributed by atoms with Gasteiger partial charge in [0.1, 0.15) is 0 Å². The van der Waals surface area contributed by atoms with Gasteiger partial charge < -0.3 is 0 Å². The van der Waals surface area contributed by atoms with Crippen molar-refractivity contribution in [3.8, 4) is 0 Å². The monoisotopic (exact) mass is 285 g/mol. The summed E-state index contributed by atoms with van der Waals surface area (Å²) in [6.45, 7) is 4.58. The molecule has 0 unspecified atom stereocenters. The van der Waals surface area contributed by atoms with Crippen LogP contribution in [0.3, 0.4) is 0 Å². The fourth-order valence-electron chi connectivity index (χ4n) is 1.99. The van der Waals surface area contributed by atoms with Gasteiger partial charge in [-0.05, 0) is 36.4 Å². The highest BCUT2D eigenvalue weighted by molar-refractivity contribution is 5.93. The van der Waals surface area contributed by atoms with Crippen molar-refractivity contribution in [3.05, 3.63) is 59.7 Å². The van der Waals surface area contributed by atoms with E-state index >= 15 is 0 Å². The average molecular weight is 285 g/mol. The Morgan fingerprint density at radius 2 is 2.00 bits per heavy atom. The van der Waals surface area contributed by atoms with E-state index in [2.05, 4.69) is 27.2 Å². The number of amides is 1. The fourth-order valence-corrected chi connectivity index (χ4v) is 1.99. The second-order valence-corrected chi connectivity index (χ2v) is 4.67. The lowest BCUT2D eigenvalue weighted by molar-refractivity contribution is 0.0953. The van der Waals surface area contributed by atoms with Gasteiger partial charge >= 0.3 is 0 Å². The van der Waals surface area contributed by atoms with Crippen LogP contribution in [0, 0.1) is 0 Å². The van der Waals surface area contributed by atoms with Crippen molar-refractivity contribution < 1.29 is 4.79 Å². The van der Waals surface area contributed by atoms with Crippen LogP contribution in [0.1, 0.15) is 28.5 Å². The molecule has 1 amide bonds. The number of hydrogen-bond acceptors (Lipinski definition) is 5. The lowest BCUT2D eigenvalue weighted by Gasteiger charge is -2.20. The zero-order chi connectivity index (χ0) is 15.1. The molecule has 6 heteroatoms. The number of carbonyl (C=O) groups excluding carboxylic acids is 1. The highest BCUT2D eigenvalue weighted by atomic mass is 16.2. The van der Waals surface area contributed by atoms with E-state index < -0.39 is 0 Å². The summed E-state index contributed by atoms with van der Waals surface area (Å²) in [4.78, 5) is 21.9. The Bertz CT molecular complexity index is 570. The molecule has 0 aliphatic heterocycles. The largest absolute Gasteiger partial charge is 0.294 e. The van der Waals surface area contributed by atoms with Crippen molar-refractivity contribution in [2.45, 2.75) is 20.0 Å². The van der Waals surface area contributed by atoms with Gasteiger partial charge in [-0.1, -0.05) is 6.92 Å². The third kappa shape index (κ3) is 4.34. The van der Waals surface area contributed by atoms with Crippen LogP contribution in [0.4, 0.5) is 0 Å². The zero-order valence-electron chi connectivity index (χ0n) is 12.0. The van der Waals surface area contributed by atoms with Crippen LogP contribution in [0.5, 0.6) is 0 Å². The number of nitrogens with one attached hydrogen (secondary N) is 1. The van der Waals surface area contributed by atoms with E-state index in [-0.39, 0.29) is 5.91 Å². The molecule has 0 fully saturated rings. The summed E-state index contributed by atoms with van der Waals surface area (Å²) in [5, 5.41) is 0. The number of nitrogens with two attached hydrogens (primary N) is 1. The van der Waals surface area contributed by atoms with Gasteiger partial charge in [-0.2, -0.15) is 0 Å². The second-order valence-electron chi connectivity index (χ2n) is 4.67. The predicted octanol–water partition coefficient (Wildman–Crippen LogP) is 1.10. The molecule has 0 aliphatic carbocycles. The quantitative estimate of drug-likeness (QED) is 0.472. The first-order valence-electron chi connectivity index (χ1n) is 6.80. The van der Waals surface area contributed by atoms with E-state index in [1.54, 1.807) is 18.5 Å². The summed E-state index contributed by atoms with van der Waals surface area (Å²) in [6.07, 6.45) is 5.13. The van der Waals surface area contributed by atoms with Crippen molar-refractivity contribution in [2.24, 2.45) is 5.84 Å². The van der Waals surface area contributed by atoms with Crippen LogP contribution < -0.4 is 11.3 Å². The molecule has 0 atom stereocenters. The molecule has 21 heavy (non-hydrogen) atoms. The number of pyridine rings is 2. The first kappa shape index (κ1) is 15.1. The first-order chi connectivity index (χ1) is 10.2. The minimum Gasteiger partial charge on any atom is -0.294 e. The lowest BCUT2D eigenvalue weighted by atomic mass is 10.2. The van der Waals surface area contributed by atoms with Crippen LogP contribution in [0.2, 0.25) is 0 Å². The number of nitrogens with zero attached hydrogens (tertiary/aromatic N) is 3. The third-order valence-corrected chi connectivity index (χ3v) is 3.21. The van der Waals surface area contributed by atoms with E-state index in [0.717, 1.165) is 25.3 Å². The maximum atomic E-state index is 11.4. The van der Waals surface area contributed by atoms with Gasteiger partial charge in [0, 0.05) is 31.7 Å². The van der Waals surface area contributed by atoms with E-state index in [4.69, 9.17) is 5.84 Å². The second kappa shape index (κ2) is 7.47. The number of hydrazine groups is 1. The Hall–Kier alpha value is -2.31. The Kier molecular flexibility index (Phi) is 5.36. The maximum Gasteiger partial charge on any atom is 0.266 e. The molecule has 6 nitrogen and oxygen atoms in total. The molecular weight excluding hydrogens is 266 g/mol. The Balaban J connectivity index is 2.00. The van der Waals surface area contributed by atoms with E-state index in [1.165, 1.54) is 11.8 Å². The van der Waals surface area contributed by atoms with Crippen LogP contribution in [-0.4, -0.2) is 27.3 Å². The Morgan fingerprint density at radius 3 is 2.57 bits per heavy atom. The van der Waals surface area contributed by atoms with Gasteiger partial charge in [0.05, 0.1) is 11.3 Å². The summed E-state index contributed by atoms with van der Waals surface area (Å²) in [6, 6.07) is 7.58. The highest BCUT2D eigenvalue weighted by Crippen LogP contribution is 2.08. The number of hydrogen-bond donors (Lipinski definition) is 2. The van der Waals surface area contributed by atoms with E-state index in [1.807, 2.05) is 18.2 Å². The highest BCUT2D eigenvalue weighted by Gasteiger charge is 2.08. The summed E-state index contributed by atoms with van der Waals surface area (Å²) in [7, 11) is 0. The molecule has 0 radical (unpaired) electrons. The standard InChI is InChI=1S/C15H19N5O/c1-2-20(10-12-5-7-17-8-6-12)11-14-4-3-13(9-18-14)15(21)19-16/h3-9H,2,10-11,16H2,1H3,(H,19,21). The van der Waals surface area contributed by atoms with E-state index in [9.17, 15) is 4.79 Å². The molecule has 2 aromatic rings. The first-order valence-corrected chi connectivity index (χ1v) is 6.80. The Labute approximate surface area is 124 Å². The smallest absolute Gasteiger partial charge is 0.266 e. The molecular formula is C15H19N5O. The minimum absolute atomic E-state index is 0.335. The molecule has 0 aromatic carbocycles.